The normalized spacial score (nSPS) is 11.4. The SMILES string of the molecule is Oc1ccc2ccccc2c1C(P)c1c(O)ccc2ccccc12. The lowest BCUT2D eigenvalue weighted by atomic mass is 9.93. The highest BCUT2D eigenvalue weighted by Crippen LogP contribution is 2.46. The van der Waals surface area contributed by atoms with Gasteiger partial charge in [0.1, 0.15) is 11.5 Å². The maximum absolute atomic E-state index is 10.5. The molecule has 0 aromatic heterocycles. The second-order valence-electron chi connectivity index (χ2n) is 5.92. The number of phenols is 2. The quantitative estimate of drug-likeness (QED) is 0.485. The number of benzene rings is 4. The molecule has 4 aromatic rings. The van der Waals surface area contributed by atoms with E-state index in [1.165, 1.54) is 0 Å². The lowest BCUT2D eigenvalue weighted by Gasteiger charge is -2.20. The van der Waals surface area contributed by atoms with Crippen molar-refractivity contribution in [3.63, 3.8) is 0 Å². The van der Waals surface area contributed by atoms with Crippen molar-refractivity contribution in [3.8, 4) is 11.5 Å². The number of phenolic OH excluding ortho intramolecular Hbond substituents is 2. The predicted octanol–water partition coefficient (Wildman–Crippen LogP) is 5.37. The van der Waals surface area contributed by atoms with Crippen molar-refractivity contribution in [1.82, 2.24) is 0 Å². The van der Waals surface area contributed by atoms with E-state index in [0.29, 0.717) is 0 Å². The van der Waals surface area contributed by atoms with E-state index in [-0.39, 0.29) is 17.2 Å². The lowest BCUT2D eigenvalue weighted by molar-refractivity contribution is 0.464. The molecule has 118 valence electrons. The minimum atomic E-state index is -0.220. The number of hydrogen-bond donors (Lipinski definition) is 2. The molecule has 2 N–H and O–H groups in total. The first-order chi connectivity index (χ1) is 11.7. The van der Waals surface area contributed by atoms with Crippen LogP contribution in [0, 0.1) is 0 Å². The van der Waals surface area contributed by atoms with Gasteiger partial charge in [0.2, 0.25) is 0 Å². The summed E-state index contributed by atoms with van der Waals surface area (Å²) in [6.07, 6.45) is 0. The van der Waals surface area contributed by atoms with Gasteiger partial charge in [-0.3, -0.25) is 0 Å². The van der Waals surface area contributed by atoms with E-state index in [1.807, 2.05) is 60.7 Å². The molecule has 0 bridgehead atoms. The maximum atomic E-state index is 10.5. The fraction of sp³-hybridized carbons (Fsp3) is 0.0476. The van der Waals surface area contributed by atoms with Gasteiger partial charge in [-0.1, -0.05) is 60.7 Å². The molecule has 1 unspecified atom stereocenters. The van der Waals surface area contributed by atoms with Gasteiger partial charge in [-0.15, -0.1) is 9.24 Å². The van der Waals surface area contributed by atoms with Crippen LogP contribution in [0.3, 0.4) is 0 Å². The molecule has 3 heteroatoms. The lowest BCUT2D eigenvalue weighted by Crippen LogP contribution is -1.97. The monoisotopic (exact) mass is 332 g/mol. The molecule has 0 aliphatic heterocycles. The molecular weight excluding hydrogens is 315 g/mol. The summed E-state index contributed by atoms with van der Waals surface area (Å²) in [7, 11) is 2.78. The first-order valence-corrected chi connectivity index (χ1v) is 8.50. The molecule has 0 saturated carbocycles. The Kier molecular flexibility index (Phi) is 3.63. The Morgan fingerprint density at radius 3 is 1.46 bits per heavy atom. The average molecular weight is 332 g/mol. The van der Waals surface area contributed by atoms with E-state index in [1.54, 1.807) is 12.1 Å². The van der Waals surface area contributed by atoms with Crippen LogP contribution >= 0.6 is 9.24 Å². The Balaban J connectivity index is 2.03. The number of rotatable bonds is 2. The summed E-state index contributed by atoms with van der Waals surface area (Å²) in [5.74, 6) is 0.474. The highest BCUT2D eigenvalue weighted by Gasteiger charge is 2.21. The molecular formula is C21H17O2P. The first-order valence-electron chi connectivity index (χ1n) is 7.83. The summed E-state index contributed by atoms with van der Waals surface area (Å²) in [4.78, 5) is 0. The van der Waals surface area contributed by atoms with Gasteiger partial charge in [-0.25, -0.2) is 0 Å². The molecule has 4 rings (SSSR count). The van der Waals surface area contributed by atoms with Gasteiger partial charge in [0.15, 0.2) is 0 Å². The Morgan fingerprint density at radius 1 is 0.583 bits per heavy atom. The zero-order chi connectivity index (χ0) is 16.7. The van der Waals surface area contributed by atoms with Gasteiger partial charge in [0.05, 0.1) is 0 Å². The van der Waals surface area contributed by atoms with Crippen molar-refractivity contribution in [2.24, 2.45) is 0 Å². The number of hydrogen-bond acceptors (Lipinski definition) is 2. The second-order valence-corrected chi connectivity index (χ2v) is 6.58. The molecule has 0 radical (unpaired) electrons. The first kappa shape index (κ1) is 15.0. The fourth-order valence-corrected chi connectivity index (χ4v) is 4.07. The summed E-state index contributed by atoms with van der Waals surface area (Å²) < 4.78 is 0. The summed E-state index contributed by atoms with van der Waals surface area (Å²) in [6, 6.07) is 23.2. The van der Waals surface area contributed by atoms with Gasteiger partial charge in [0, 0.05) is 16.8 Å². The molecule has 2 nitrogen and oxygen atoms in total. The van der Waals surface area contributed by atoms with E-state index < -0.39 is 0 Å². The van der Waals surface area contributed by atoms with Crippen molar-refractivity contribution in [3.05, 3.63) is 83.9 Å². The minimum Gasteiger partial charge on any atom is -0.508 e. The average Bonchev–Trinajstić information content (AvgIpc) is 2.61. The summed E-state index contributed by atoms with van der Waals surface area (Å²) in [5.41, 5.74) is 1.40. The Labute approximate surface area is 142 Å². The zero-order valence-electron chi connectivity index (χ0n) is 13.0. The van der Waals surface area contributed by atoms with E-state index in [0.717, 1.165) is 32.7 Å². The topological polar surface area (TPSA) is 40.5 Å². The van der Waals surface area contributed by atoms with E-state index in [4.69, 9.17) is 0 Å². The van der Waals surface area contributed by atoms with Gasteiger partial charge >= 0.3 is 0 Å². The van der Waals surface area contributed by atoms with Crippen LogP contribution in [-0.2, 0) is 0 Å². The number of aromatic hydroxyl groups is 2. The van der Waals surface area contributed by atoms with E-state index >= 15 is 0 Å². The zero-order valence-corrected chi connectivity index (χ0v) is 14.1. The summed E-state index contributed by atoms with van der Waals surface area (Å²) in [5, 5.41) is 25.1. The van der Waals surface area contributed by atoms with Gasteiger partial charge in [-0.05, 0) is 33.7 Å². The van der Waals surface area contributed by atoms with Crippen LogP contribution < -0.4 is 0 Å². The Morgan fingerprint density at radius 2 is 1.00 bits per heavy atom. The van der Waals surface area contributed by atoms with Gasteiger partial charge in [0.25, 0.3) is 0 Å². The third-order valence-corrected chi connectivity index (χ3v) is 5.18. The molecule has 0 aliphatic rings. The summed E-state index contributed by atoms with van der Waals surface area (Å²) in [6.45, 7) is 0. The maximum Gasteiger partial charge on any atom is 0.120 e. The minimum absolute atomic E-state index is 0.220. The predicted molar refractivity (Wildman–Crippen MR) is 103 cm³/mol. The molecule has 1 atom stereocenters. The Bertz CT molecular complexity index is 971. The van der Waals surface area contributed by atoms with Crippen LogP contribution in [0.1, 0.15) is 16.8 Å². The van der Waals surface area contributed by atoms with Crippen LogP contribution in [0.5, 0.6) is 11.5 Å². The van der Waals surface area contributed by atoms with Gasteiger partial charge in [-0.2, -0.15) is 0 Å². The van der Waals surface area contributed by atoms with Crippen molar-refractivity contribution < 1.29 is 10.2 Å². The molecule has 0 aliphatic carbocycles. The Hall–Kier alpha value is -2.57. The van der Waals surface area contributed by atoms with Crippen LogP contribution in [0.4, 0.5) is 0 Å². The largest absolute Gasteiger partial charge is 0.508 e. The fourth-order valence-electron chi connectivity index (χ4n) is 3.37. The molecule has 4 aromatic carbocycles. The van der Waals surface area contributed by atoms with Crippen LogP contribution in [0.2, 0.25) is 0 Å². The third-order valence-electron chi connectivity index (χ3n) is 4.52. The highest BCUT2D eigenvalue weighted by atomic mass is 31.0. The van der Waals surface area contributed by atoms with Crippen molar-refractivity contribution in [1.29, 1.82) is 0 Å². The van der Waals surface area contributed by atoms with Gasteiger partial charge < -0.3 is 10.2 Å². The standard InChI is InChI=1S/C21H17O2P/c22-17-11-9-13-5-1-3-7-15(13)19(17)21(24)20-16-8-4-2-6-14(16)10-12-18(20)23/h1-12,21-23H,24H2. The molecule has 0 fully saturated rings. The molecule has 24 heavy (non-hydrogen) atoms. The van der Waals surface area contributed by atoms with Crippen molar-refractivity contribution >= 4 is 30.8 Å². The smallest absolute Gasteiger partial charge is 0.120 e. The third kappa shape index (κ3) is 2.31. The van der Waals surface area contributed by atoms with Crippen LogP contribution in [0.25, 0.3) is 21.5 Å². The second kappa shape index (κ2) is 5.81. The molecule has 0 spiro atoms. The van der Waals surface area contributed by atoms with Crippen LogP contribution in [0.15, 0.2) is 72.8 Å². The molecule has 0 amide bonds. The van der Waals surface area contributed by atoms with E-state index in [2.05, 4.69) is 9.24 Å². The molecule has 0 heterocycles. The number of fused-ring (bicyclic) bond motifs is 2. The van der Waals surface area contributed by atoms with E-state index in [9.17, 15) is 10.2 Å². The molecule has 0 saturated heterocycles. The van der Waals surface area contributed by atoms with Crippen LogP contribution in [-0.4, -0.2) is 10.2 Å². The highest BCUT2D eigenvalue weighted by molar-refractivity contribution is 7.17. The van der Waals surface area contributed by atoms with Crippen molar-refractivity contribution in [2.75, 3.05) is 0 Å². The van der Waals surface area contributed by atoms with Crippen molar-refractivity contribution in [2.45, 2.75) is 5.66 Å². The summed E-state index contributed by atoms with van der Waals surface area (Å²) >= 11 is 0.